The number of carboxylic acid groups (broad SMARTS) is 3. The van der Waals surface area contributed by atoms with Crippen molar-refractivity contribution in [2.75, 3.05) is 5.32 Å². The minimum absolute atomic E-state index is 0.0254. The summed E-state index contributed by atoms with van der Waals surface area (Å²) in [5, 5.41) is 29.6. The van der Waals surface area contributed by atoms with Gasteiger partial charge in [-0.25, -0.2) is 19.6 Å². The van der Waals surface area contributed by atoms with E-state index in [1.165, 1.54) is 18.2 Å². The Hall–Kier alpha value is -3.23. The number of aliphatic carboxylic acids is 2. The SMILES string of the molecule is O=C(O)C[C@@H](Nc1ncnc2cc(C(=O)O)ccc12)C(=O)O. The highest BCUT2D eigenvalue weighted by Crippen LogP contribution is 2.21. The van der Waals surface area contributed by atoms with Crippen molar-refractivity contribution in [3.05, 3.63) is 30.1 Å². The molecule has 1 aromatic carbocycles. The maximum absolute atomic E-state index is 11.1. The Morgan fingerprint density at radius 1 is 1.14 bits per heavy atom. The lowest BCUT2D eigenvalue weighted by Crippen LogP contribution is -2.32. The van der Waals surface area contributed by atoms with Crippen LogP contribution in [0.15, 0.2) is 24.5 Å². The van der Waals surface area contributed by atoms with Gasteiger partial charge in [-0.15, -0.1) is 0 Å². The molecule has 2 rings (SSSR count). The number of nitrogens with zero attached hydrogens (tertiary/aromatic N) is 2. The topological polar surface area (TPSA) is 150 Å². The third-order valence-corrected chi connectivity index (χ3v) is 2.87. The van der Waals surface area contributed by atoms with Crippen LogP contribution in [0.25, 0.3) is 10.9 Å². The lowest BCUT2D eigenvalue weighted by Gasteiger charge is -2.14. The number of aromatic nitrogens is 2. The van der Waals surface area contributed by atoms with Gasteiger partial charge < -0.3 is 20.6 Å². The maximum Gasteiger partial charge on any atom is 0.335 e. The monoisotopic (exact) mass is 305 g/mol. The van der Waals surface area contributed by atoms with E-state index in [0.29, 0.717) is 10.9 Å². The molecule has 22 heavy (non-hydrogen) atoms. The number of anilines is 1. The number of carbonyl (C=O) groups is 3. The van der Waals surface area contributed by atoms with Gasteiger partial charge in [0, 0.05) is 5.39 Å². The van der Waals surface area contributed by atoms with Gasteiger partial charge in [0.15, 0.2) is 0 Å². The molecule has 0 aliphatic carbocycles. The number of rotatable bonds is 6. The fourth-order valence-electron chi connectivity index (χ4n) is 1.84. The van der Waals surface area contributed by atoms with Gasteiger partial charge in [-0.05, 0) is 18.2 Å². The highest BCUT2D eigenvalue weighted by Gasteiger charge is 2.22. The van der Waals surface area contributed by atoms with Gasteiger partial charge in [0.05, 0.1) is 17.5 Å². The van der Waals surface area contributed by atoms with Crippen LogP contribution in [0.4, 0.5) is 5.82 Å². The second-order valence-corrected chi connectivity index (χ2v) is 4.39. The smallest absolute Gasteiger partial charge is 0.335 e. The zero-order chi connectivity index (χ0) is 16.3. The molecule has 0 fully saturated rings. The highest BCUT2D eigenvalue weighted by molar-refractivity contribution is 5.97. The zero-order valence-corrected chi connectivity index (χ0v) is 11.1. The van der Waals surface area contributed by atoms with Crippen molar-refractivity contribution in [1.29, 1.82) is 0 Å². The Morgan fingerprint density at radius 2 is 1.86 bits per heavy atom. The molecule has 0 amide bonds. The summed E-state index contributed by atoms with van der Waals surface area (Å²) in [4.78, 5) is 40.5. The molecular formula is C13H11N3O6. The molecule has 0 spiro atoms. The average molecular weight is 305 g/mol. The molecule has 0 saturated heterocycles. The van der Waals surface area contributed by atoms with Crippen LogP contribution in [-0.2, 0) is 9.59 Å². The first-order valence-electron chi connectivity index (χ1n) is 6.07. The lowest BCUT2D eigenvalue weighted by atomic mass is 10.1. The molecule has 1 atom stereocenters. The number of hydrogen-bond donors (Lipinski definition) is 4. The Morgan fingerprint density at radius 3 is 2.45 bits per heavy atom. The fourth-order valence-corrected chi connectivity index (χ4v) is 1.84. The van der Waals surface area contributed by atoms with Gasteiger partial charge in [0.2, 0.25) is 0 Å². The van der Waals surface area contributed by atoms with Crippen LogP contribution < -0.4 is 5.32 Å². The summed E-state index contributed by atoms with van der Waals surface area (Å²) in [5.41, 5.74) is 0.328. The summed E-state index contributed by atoms with van der Waals surface area (Å²) in [5.74, 6) is -3.61. The molecule has 0 aliphatic rings. The first-order valence-corrected chi connectivity index (χ1v) is 6.07. The molecule has 2 aromatic rings. The summed E-state index contributed by atoms with van der Waals surface area (Å²) in [6.45, 7) is 0. The van der Waals surface area contributed by atoms with E-state index in [1.54, 1.807) is 0 Å². The van der Waals surface area contributed by atoms with Crippen molar-refractivity contribution < 1.29 is 29.7 Å². The van der Waals surface area contributed by atoms with Gasteiger partial charge in [-0.3, -0.25) is 4.79 Å². The van der Waals surface area contributed by atoms with Gasteiger partial charge in [0.25, 0.3) is 0 Å². The van der Waals surface area contributed by atoms with E-state index in [-0.39, 0.29) is 11.4 Å². The van der Waals surface area contributed by atoms with Gasteiger partial charge >= 0.3 is 17.9 Å². The van der Waals surface area contributed by atoms with Gasteiger partial charge in [-0.1, -0.05) is 0 Å². The standard InChI is InChI=1S/C13H11N3O6/c17-10(18)4-9(13(21)22)16-11-7-2-1-6(12(19)20)3-8(7)14-5-15-11/h1-3,5,9H,4H2,(H,17,18)(H,19,20)(H,21,22)(H,14,15,16)/t9-/m1/s1. The number of fused-ring (bicyclic) bond motifs is 1. The summed E-state index contributed by atoms with van der Waals surface area (Å²) in [6, 6.07) is 2.71. The van der Waals surface area contributed by atoms with Crippen molar-refractivity contribution in [2.24, 2.45) is 0 Å². The molecule has 0 unspecified atom stereocenters. The van der Waals surface area contributed by atoms with Crippen LogP contribution >= 0.6 is 0 Å². The van der Waals surface area contributed by atoms with Crippen LogP contribution in [0.1, 0.15) is 16.8 Å². The molecule has 0 bridgehead atoms. The normalized spacial score (nSPS) is 11.8. The average Bonchev–Trinajstić information content (AvgIpc) is 2.45. The number of benzene rings is 1. The predicted octanol–water partition coefficient (Wildman–Crippen LogP) is 0.668. The largest absolute Gasteiger partial charge is 0.481 e. The van der Waals surface area contributed by atoms with Crippen LogP contribution in [0.3, 0.4) is 0 Å². The Bertz CT molecular complexity index is 761. The zero-order valence-electron chi connectivity index (χ0n) is 11.1. The summed E-state index contributed by atoms with van der Waals surface area (Å²) in [6.07, 6.45) is 0.504. The van der Waals surface area contributed by atoms with Crippen molar-refractivity contribution in [2.45, 2.75) is 12.5 Å². The number of carboxylic acids is 3. The molecule has 114 valence electrons. The van der Waals surface area contributed by atoms with Crippen molar-refractivity contribution in [1.82, 2.24) is 9.97 Å². The molecule has 0 aliphatic heterocycles. The first kappa shape index (κ1) is 15.2. The third kappa shape index (κ3) is 3.26. The first-order chi connectivity index (χ1) is 10.4. The van der Waals surface area contributed by atoms with Crippen molar-refractivity contribution in [3.8, 4) is 0 Å². The van der Waals surface area contributed by atoms with E-state index in [1.807, 2.05) is 0 Å². The van der Waals surface area contributed by atoms with Crippen molar-refractivity contribution >= 4 is 34.6 Å². The minimum Gasteiger partial charge on any atom is -0.481 e. The number of nitrogens with one attached hydrogen (secondary N) is 1. The van der Waals surface area contributed by atoms with E-state index >= 15 is 0 Å². The summed E-state index contributed by atoms with van der Waals surface area (Å²) >= 11 is 0. The van der Waals surface area contributed by atoms with Crippen molar-refractivity contribution in [3.63, 3.8) is 0 Å². The van der Waals surface area contributed by atoms with Crippen LogP contribution in [0.5, 0.6) is 0 Å². The second-order valence-electron chi connectivity index (χ2n) is 4.39. The molecule has 4 N–H and O–H groups in total. The Kier molecular flexibility index (Phi) is 4.16. The summed E-state index contributed by atoms with van der Waals surface area (Å²) < 4.78 is 0. The van der Waals surface area contributed by atoms with E-state index < -0.39 is 30.4 Å². The molecular weight excluding hydrogens is 294 g/mol. The third-order valence-electron chi connectivity index (χ3n) is 2.87. The quantitative estimate of drug-likeness (QED) is 0.603. The Labute approximate surface area is 123 Å². The van der Waals surface area contributed by atoms with E-state index in [4.69, 9.17) is 15.3 Å². The highest BCUT2D eigenvalue weighted by atomic mass is 16.4. The molecule has 0 saturated carbocycles. The van der Waals surface area contributed by atoms with Crippen LogP contribution in [0, 0.1) is 0 Å². The molecule has 1 heterocycles. The number of hydrogen-bond acceptors (Lipinski definition) is 6. The number of aromatic carboxylic acids is 1. The maximum atomic E-state index is 11.1. The van der Waals surface area contributed by atoms with E-state index in [9.17, 15) is 14.4 Å². The van der Waals surface area contributed by atoms with Gasteiger partial charge in [-0.2, -0.15) is 0 Å². The summed E-state index contributed by atoms with van der Waals surface area (Å²) in [7, 11) is 0. The lowest BCUT2D eigenvalue weighted by molar-refractivity contribution is -0.144. The molecule has 1 aromatic heterocycles. The van der Waals surface area contributed by atoms with Gasteiger partial charge in [0.1, 0.15) is 18.2 Å². The second kappa shape index (κ2) is 6.04. The molecule has 9 nitrogen and oxygen atoms in total. The van der Waals surface area contributed by atoms with E-state index in [2.05, 4.69) is 15.3 Å². The Balaban J connectivity index is 2.40. The predicted molar refractivity (Wildman–Crippen MR) is 73.8 cm³/mol. The molecule has 0 radical (unpaired) electrons. The molecule has 9 heteroatoms. The fraction of sp³-hybridized carbons (Fsp3) is 0.154. The van der Waals surface area contributed by atoms with Crippen LogP contribution in [-0.4, -0.2) is 49.2 Å². The van der Waals surface area contributed by atoms with E-state index in [0.717, 1.165) is 6.33 Å². The minimum atomic E-state index is -1.37. The van der Waals surface area contributed by atoms with Crippen LogP contribution in [0.2, 0.25) is 0 Å².